The van der Waals surface area contributed by atoms with E-state index in [2.05, 4.69) is 100 Å². The summed E-state index contributed by atoms with van der Waals surface area (Å²) in [6.07, 6.45) is 3.38. The predicted octanol–water partition coefficient (Wildman–Crippen LogP) is 10.3. The van der Waals surface area contributed by atoms with Crippen LogP contribution in [0, 0.1) is 0 Å². The van der Waals surface area contributed by atoms with E-state index in [0.717, 1.165) is 12.8 Å². The van der Waals surface area contributed by atoms with Crippen LogP contribution in [-0.2, 0) is 6.42 Å². The first-order valence-corrected chi connectivity index (χ1v) is 13.6. The molecular formula is C33H32S. The number of benzene rings is 4. The number of rotatable bonds is 5. The SMILES string of the molecule is CCC(C)c1ccc2sc3c(-c4ccc5c(c4)-c4ccccc4C5)cc(C(C)CC)cc3c2c1. The highest BCUT2D eigenvalue weighted by atomic mass is 32.1. The van der Waals surface area contributed by atoms with E-state index >= 15 is 0 Å². The van der Waals surface area contributed by atoms with Gasteiger partial charge in [0.05, 0.1) is 0 Å². The third kappa shape index (κ3) is 3.41. The highest BCUT2D eigenvalue weighted by molar-refractivity contribution is 7.26. The number of thiophene rings is 1. The van der Waals surface area contributed by atoms with Crippen molar-refractivity contribution in [2.75, 3.05) is 0 Å². The zero-order chi connectivity index (χ0) is 23.4. The Hall–Kier alpha value is -2.90. The van der Waals surface area contributed by atoms with Gasteiger partial charge in [0.15, 0.2) is 0 Å². The fraction of sp³-hybridized carbons (Fsp3) is 0.273. The monoisotopic (exact) mass is 460 g/mol. The van der Waals surface area contributed by atoms with Crippen LogP contribution < -0.4 is 0 Å². The summed E-state index contributed by atoms with van der Waals surface area (Å²) in [5, 5.41) is 2.86. The van der Waals surface area contributed by atoms with E-state index < -0.39 is 0 Å². The summed E-state index contributed by atoms with van der Waals surface area (Å²) >= 11 is 1.96. The van der Waals surface area contributed by atoms with Gasteiger partial charge in [-0.25, -0.2) is 0 Å². The van der Waals surface area contributed by atoms with Gasteiger partial charge in [0.1, 0.15) is 0 Å². The Morgan fingerprint density at radius 1 is 0.676 bits per heavy atom. The quantitative estimate of drug-likeness (QED) is 0.240. The van der Waals surface area contributed by atoms with E-state index in [-0.39, 0.29) is 0 Å². The molecule has 0 amide bonds. The molecule has 0 radical (unpaired) electrons. The second kappa shape index (κ2) is 8.40. The molecule has 0 saturated carbocycles. The van der Waals surface area contributed by atoms with Gasteiger partial charge in [-0.1, -0.05) is 70.2 Å². The Bertz CT molecular complexity index is 1530. The molecule has 0 aliphatic heterocycles. The standard InChI is InChI=1S/C33H32S/c1-5-20(3)22-13-14-32-30(16-22)31-19-26(21(4)6-2)18-29(33(31)34-32)25-12-11-24-15-23-9-7-8-10-27(23)28(24)17-25/h7-14,16-21H,5-6,15H2,1-4H3. The zero-order valence-corrected chi connectivity index (χ0v) is 21.4. The van der Waals surface area contributed by atoms with Crippen LogP contribution in [0.2, 0.25) is 0 Å². The minimum atomic E-state index is 0.547. The smallest absolute Gasteiger partial charge is 0.0434 e. The molecule has 1 heterocycles. The van der Waals surface area contributed by atoms with Crippen molar-refractivity contribution in [3.63, 3.8) is 0 Å². The molecule has 0 N–H and O–H groups in total. The maximum absolute atomic E-state index is 2.48. The van der Waals surface area contributed by atoms with Gasteiger partial charge in [0, 0.05) is 20.2 Å². The summed E-state index contributed by atoms with van der Waals surface area (Å²) in [6.45, 7) is 9.29. The van der Waals surface area contributed by atoms with Crippen LogP contribution in [0.1, 0.15) is 74.6 Å². The van der Waals surface area contributed by atoms with E-state index in [0.29, 0.717) is 11.8 Å². The highest BCUT2D eigenvalue weighted by Gasteiger charge is 2.20. The van der Waals surface area contributed by atoms with E-state index in [1.807, 2.05) is 11.3 Å². The van der Waals surface area contributed by atoms with Crippen molar-refractivity contribution in [1.29, 1.82) is 0 Å². The third-order valence-corrected chi connectivity index (χ3v) is 9.31. The molecule has 2 unspecified atom stereocenters. The Morgan fingerprint density at radius 3 is 2.24 bits per heavy atom. The largest absolute Gasteiger partial charge is 0.135 e. The van der Waals surface area contributed by atoms with Crippen molar-refractivity contribution in [3.05, 3.63) is 95.1 Å². The molecule has 1 aromatic heterocycles. The van der Waals surface area contributed by atoms with Crippen LogP contribution in [0.15, 0.2) is 72.8 Å². The van der Waals surface area contributed by atoms with Crippen molar-refractivity contribution in [3.8, 4) is 22.3 Å². The molecule has 6 rings (SSSR count). The summed E-state index contributed by atoms with van der Waals surface area (Å²) in [5.74, 6) is 1.14. The van der Waals surface area contributed by atoms with Crippen LogP contribution in [0.5, 0.6) is 0 Å². The lowest BCUT2D eigenvalue weighted by Gasteiger charge is -2.14. The fourth-order valence-electron chi connectivity index (χ4n) is 5.49. The summed E-state index contributed by atoms with van der Waals surface area (Å²) in [6, 6.07) is 28.2. The summed E-state index contributed by atoms with van der Waals surface area (Å²) in [4.78, 5) is 0. The molecule has 1 heteroatoms. The zero-order valence-electron chi connectivity index (χ0n) is 20.6. The van der Waals surface area contributed by atoms with Crippen molar-refractivity contribution in [2.24, 2.45) is 0 Å². The molecule has 1 aliphatic carbocycles. The van der Waals surface area contributed by atoms with Crippen LogP contribution in [0.3, 0.4) is 0 Å². The molecule has 0 saturated heterocycles. The molecule has 5 aromatic rings. The molecule has 2 atom stereocenters. The van der Waals surface area contributed by atoms with Gasteiger partial charge < -0.3 is 0 Å². The average Bonchev–Trinajstić information content (AvgIpc) is 3.44. The van der Waals surface area contributed by atoms with Gasteiger partial charge in [-0.05, 0) is 106 Å². The topological polar surface area (TPSA) is 0 Å². The first kappa shape index (κ1) is 21.6. The Morgan fingerprint density at radius 2 is 1.41 bits per heavy atom. The maximum atomic E-state index is 2.48. The normalized spacial score (nSPS) is 14.4. The van der Waals surface area contributed by atoms with Crippen LogP contribution in [0.4, 0.5) is 0 Å². The summed E-state index contributed by atoms with van der Waals surface area (Å²) in [5.41, 5.74) is 11.4. The number of hydrogen-bond donors (Lipinski definition) is 0. The minimum absolute atomic E-state index is 0.547. The van der Waals surface area contributed by atoms with Crippen LogP contribution in [0.25, 0.3) is 42.4 Å². The summed E-state index contributed by atoms with van der Waals surface area (Å²) < 4.78 is 2.82. The average molecular weight is 461 g/mol. The van der Waals surface area contributed by atoms with Gasteiger partial charge in [0.2, 0.25) is 0 Å². The van der Waals surface area contributed by atoms with E-state index in [9.17, 15) is 0 Å². The Labute approximate surface area is 207 Å². The van der Waals surface area contributed by atoms with Gasteiger partial charge in [-0.2, -0.15) is 0 Å². The minimum Gasteiger partial charge on any atom is -0.135 e. The second-order valence-electron chi connectivity index (χ2n) is 10.1. The molecule has 4 aromatic carbocycles. The lowest BCUT2D eigenvalue weighted by Crippen LogP contribution is -1.93. The molecule has 0 spiro atoms. The molecule has 0 bridgehead atoms. The van der Waals surface area contributed by atoms with Crippen LogP contribution in [-0.4, -0.2) is 0 Å². The Balaban J connectivity index is 1.60. The molecule has 34 heavy (non-hydrogen) atoms. The van der Waals surface area contributed by atoms with E-state index in [4.69, 9.17) is 0 Å². The molecule has 0 fully saturated rings. The molecule has 1 aliphatic rings. The van der Waals surface area contributed by atoms with Gasteiger partial charge >= 0.3 is 0 Å². The second-order valence-corrected chi connectivity index (χ2v) is 11.2. The number of hydrogen-bond acceptors (Lipinski definition) is 1. The first-order chi connectivity index (χ1) is 16.6. The Kier molecular flexibility index (Phi) is 5.34. The lowest BCUT2D eigenvalue weighted by molar-refractivity contribution is 0.734. The van der Waals surface area contributed by atoms with Crippen molar-refractivity contribution >= 4 is 31.5 Å². The number of fused-ring (bicyclic) bond motifs is 6. The van der Waals surface area contributed by atoms with E-state index in [1.165, 1.54) is 71.1 Å². The summed E-state index contributed by atoms with van der Waals surface area (Å²) in [7, 11) is 0. The predicted molar refractivity (Wildman–Crippen MR) is 150 cm³/mol. The van der Waals surface area contributed by atoms with Crippen molar-refractivity contribution in [1.82, 2.24) is 0 Å². The van der Waals surface area contributed by atoms with Gasteiger partial charge in [-0.3, -0.25) is 0 Å². The first-order valence-electron chi connectivity index (χ1n) is 12.8. The maximum Gasteiger partial charge on any atom is 0.0434 e. The van der Waals surface area contributed by atoms with Crippen molar-refractivity contribution in [2.45, 2.75) is 58.8 Å². The van der Waals surface area contributed by atoms with Crippen molar-refractivity contribution < 1.29 is 0 Å². The van der Waals surface area contributed by atoms with Crippen LogP contribution >= 0.6 is 11.3 Å². The van der Waals surface area contributed by atoms with Gasteiger partial charge in [0.25, 0.3) is 0 Å². The molecular weight excluding hydrogens is 428 g/mol. The highest BCUT2D eigenvalue weighted by Crippen LogP contribution is 2.45. The fourth-order valence-corrected chi connectivity index (χ4v) is 6.69. The lowest BCUT2D eigenvalue weighted by atomic mass is 9.90. The molecule has 0 nitrogen and oxygen atoms in total. The van der Waals surface area contributed by atoms with E-state index in [1.54, 1.807) is 0 Å². The molecule has 170 valence electrons. The third-order valence-electron chi connectivity index (χ3n) is 8.09. The van der Waals surface area contributed by atoms with Gasteiger partial charge in [-0.15, -0.1) is 11.3 Å².